The molecule has 0 radical (unpaired) electrons. The van der Waals surface area contributed by atoms with Gasteiger partial charge in [0.15, 0.2) is 0 Å². The van der Waals surface area contributed by atoms with E-state index in [-0.39, 0.29) is 17.9 Å². The van der Waals surface area contributed by atoms with Crippen LogP contribution in [0.15, 0.2) is 76.9 Å². The molecule has 0 fully saturated rings. The Morgan fingerprint density at radius 3 is 2.55 bits per heavy atom. The van der Waals surface area contributed by atoms with Gasteiger partial charge in [0.1, 0.15) is 5.75 Å². The highest BCUT2D eigenvalue weighted by Gasteiger charge is 2.12. The molecule has 0 unspecified atom stereocenters. The Kier molecular flexibility index (Phi) is 5.22. The van der Waals surface area contributed by atoms with Crippen molar-refractivity contribution in [2.45, 2.75) is 6.42 Å². The lowest BCUT2D eigenvalue weighted by atomic mass is 10.1. The maximum Gasteiger partial charge on any atom is 0.315 e. The van der Waals surface area contributed by atoms with Crippen LogP contribution in [0.4, 0.5) is 5.69 Å². The second-order valence-electron chi connectivity index (χ2n) is 6.32. The molecule has 29 heavy (non-hydrogen) atoms. The quantitative estimate of drug-likeness (QED) is 0.389. The maximum absolute atomic E-state index is 12.2. The number of anilines is 1. The van der Waals surface area contributed by atoms with Crippen molar-refractivity contribution < 1.29 is 14.3 Å². The summed E-state index contributed by atoms with van der Waals surface area (Å²) < 4.78 is 5.32. The number of carbonyl (C=O) groups excluding carboxylic acids is 2. The zero-order valence-corrected chi connectivity index (χ0v) is 16.0. The third-order valence-corrected chi connectivity index (χ3v) is 5.12. The number of esters is 1. The van der Waals surface area contributed by atoms with Crippen molar-refractivity contribution in [3.05, 3.63) is 92.9 Å². The zero-order chi connectivity index (χ0) is 20.2. The molecule has 0 aliphatic rings. The Labute approximate surface area is 169 Å². The van der Waals surface area contributed by atoms with E-state index in [1.807, 2.05) is 29.6 Å². The molecule has 0 aliphatic carbocycles. The van der Waals surface area contributed by atoms with Crippen LogP contribution in [0.3, 0.4) is 0 Å². The molecule has 0 spiro atoms. The molecule has 0 bridgehead atoms. The Morgan fingerprint density at radius 1 is 1.00 bits per heavy atom. The molecule has 2 heterocycles. The predicted molar refractivity (Wildman–Crippen MR) is 113 cm³/mol. The summed E-state index contributed by atoms with van der Waals surface area (Å²) in [6.45, 7) is 0. The van der Waals surface area contributed by atoms with Gasteiger partial charge in [-0.2, -0.15) is 0 Å². The number of carbonyl (C=O) groups is 2. The van der Waals surface area contributed by atoms with Gasteiger partial charge in [-0.15, -0.1) is 11.3 Å². The number of ether oxygens (including phenoxy) is 1. The van der Waals surface area contributed by atoms with E-state index in [0.29, 0.717) is 21.9 Å². The van der Waals surface area contributed by atoms with Crippen LogP contribution in [0.5, 0.6) is 5.75 Å². The summed E-state index contributed by atoms with van der Waals surface area (Å²) in [5.74, 6) is -0.400. The van der Waals surface area contributed by atoms with E-state index in [0.717, 1.165) is 10.9 Å². The van der Waals surface area contributed by atoms with Crippen LogP contribution in [0, 0.1) is 0 Å². The van der Waals surface area contributed by atoms with Gasteiger partial charge >= 0.3 is 5.97 Å². The number of amides is 1. The molecular formula is C22H16N2O4S. The first kappa shape index (κ1) is 18.6. The van der Waals surface area contributed by atoms with Crippen molar-refractivity contribution in [1.82, 2.24) is 4.98 Å². The SMILES string of the molecule is O=C(Cc1cc2ccccc2[nH]c1=O)Oc1ccc(NC(=O)c2cccs2)cc1. The van der Waals surface area contributed by atoms with Gasteiger partial charge in [0.25, 0.3) is 11.5 Å². The highest BCUT2D eigenvalue weighted by Crippen LogP contribution is 2.18. The number of para-hydroxylation sites is 1. The lowest BCUT2D eigenvalue weighted by Crippen LogP contribution is -2.19. The molecule has 4 rings (SSSR count). The fraction of sp³-hybridized carbons (Fsp3) is 0.0455. The third kappa shape index (κ3) is 4.41. The zero-order valence-electron chi connectivity index (χ0n) is 15.2. The van der Waals surface area contributed by atoms with Crippen molar-refractivity contribution in [1.29, 1.82) is 0 Å². The monoisotopic (exact) mass is 404 g/mol. The molecule has 2 aromatic carbocycles. The van der Waals surface area contributed by atoms with Gasteiger partial charge in [-0.1, -0.05) is 24.3 Å². The van der Waals surface area contributed by atoms with Crippen LogP contribution in [-0.2, 0) is 11.2 Å². The number of benzene rings is 2. The summed E-state index contributed by atoms with van der Waals surface area (Å²) in [5, 5.41) is 5.45. The summed E-state index contributed by atoms with van der Waals surface area (Å²) in [6, 6.07) is 19.1. The first-order chi connectivity index (χ1) is 14.1. The van der Waals surface area contributed by atoms with Crippen LogP contribution >= 0.6 is 11.3 Å². The largest absolute Gasteiger partial charge is 0.426 e. The lowest BCUT2D eigenvalue weighted by Gasteiger charge is -2.07. The third-order valence-electron chi connectivity index (χ3n) is 4.25. The number of rotatable bonds is 5. The number of hydrogen-bond donors (Lipinski definition) is 2. The van der Waals surface area contributed by atoms with Gasteiger partial charge in [0.05, 0.1) is 11.3 Å². The van der Waals surface area contributed by atoms with E-state index >= 15 is 0 Å². The van der Waals surface area contributed by atoms with Crippen molar-refractivity contribution in [3.63, 3.8) is 0 Å². The first-order valence-electron chi connectivity index (χ1n) is 8.85. The van der Waals surface area contributed by atoms with Gasteiger partial charge in [0, 0.05) is 16.8 Å². The number of nitrogens with one attached hydrogen (secondary N) is 2. The number of H-pyrrole nitrogens is 1. The molecule has 1 amide bonds. The minimum atomic E-state index is -0.541. The predicted octanol–water partition coefficient (Wildman–Crippen LogP) is 3.99. The van der Waals surface area contributed by atoms with Crippen LogP contribution in [0.2, 0.25) is 0 Å². The van der Waals surface area contributed by atoms with E-state index in [2.05, 4.69) is 10.3 Å². The van der Waals surface area contributed by atoms with Gasteiger partial charge in [-0.3, -0.25) is 14.4 Å². The molecular weight excluding hydrogens is 388 g/mol. The maximum atomic E-state index is 12.2. The number of pyridine rings is 1. The minimum Gasteiger partial charge on any atom is -0.426 e. The second kappa shape index (κ2) is 8.12. The van der Waals surface area contributed by atoms with Crippen LogP contribution in [0.1, 0.15) is 15.2 Å². The van der Waals surface area contributed by atoms with Crippen LogP contribution in [0.25, 0.3) is 10.9 Å². The highest BCUT2D eigenvalue weighted by molar-refractivity contribution is 7.12. The summed E-state index contributed by atoms with van der Waals surface area (Å²) in [4.78, 5) is 39.8. The number of thiophene rings is 1. The number of fused-ring (bicyclic) bond motifs is 1. The van der Waals surface area contributed by atoms with Crippen molar-refractivity contribution >= 4 is 39.8 Å². The first-order valence-corrected chi connectivity index (χ1v) is 9.73. The van der Waals surface area contributed by atoms with Crippen molar-refractivity contribution in [3.8, 4) is 5.75 Å². The van der Waals surface area contributed by atoms with Gasteiger partial charge in [-0.05, 0) is 53.2 Å². The Morgan fingerprint density at radius 2 is 1.79 bits per heavy atom. The van der Waals surface area contributed by atoms with Crippen molar-refractivity contribution in [2.24, 2.45) is 0 Å². The number of aromatic nitrogens is 1. The van der Waals surface area contributed by atoms with E-state index in [9.17, 15) is 14.4 Å². The van der Waals surface area contributed by atoms with Crippen LogP contribution in [-0.4, -0.2) is 16.9 Å². The fourth-order valence-corrected chi connectivity index (χ4v) is 3.47. The van der Waals surface area contributed by atoms with Gasteiger partial charge in [-0.25, -0.2) is 0 Å². The topological polar surface area (TPSA) is 88.3 Å². The number of aromatic amines is 1. The Balaban J connectivity index is 1.40. The molecule has 0 saturated carbocycles. The van der Waals surface area contributed by atoms with Crippen LogP contribution < -0.4 is 15.6 Å². The van der Waals surface area contributed by atoms with E-state index < -0.39 is 5.97 Å². The highest BCUT2D eigenvalue weighted by atomic mass is 32.1. The summed E-state index contributed by atoms with van der Waals surface area (Å²) >= 11 is 1.35. The summed E-state index contributed by atoms with van der Waals surface area (Å²) in [6.07, 6.45) is -0.142. The molecule has 0 saturated heterocycles. The molecule has 4 aromatic rings. The average Bonchev–Trinajstić information content (AvgIpc) is 3.25. The Hall–Kier alpha value is -3.71. The van der Waals surface area contributed by atoms with E-state index in [1.54, 1.807) is 42.5 Å². The molecule has 144 valence electrons. The standard InChI is InChI=1S/C22H16N2O4S/c25-20(13-15-12-14-4-1-2-5-18(14)24-21(15)26)28-17-9-7-16(8-10-17)23-22(27)19-6-3-11-29-19/h1-12H,13H2,(H,23,27)(H,24,26). The molecule has 6 nitrogen and oxygen atoms in total. The molecule has 2 N–H and O–H groups in total. The lowest BCUT2D eigenvalue weighted by molar-refractivity contribution is -0.133. The summed E-state index contributed by atoms with van der Waals surface area (Å²) in [7, 11) is 0. The Bertz CT molecular complexity index is 1230. The minimum absolute atomic E-state index is 0.142. The molecule has 2 aromatic heterocycles. The van der Waals surface area contributed by atoms with Crippen molar-refractivity contribution in [2.75, 3.05) is 5.32 Å². The number of hydrogen-bond acceptors (Lipinski definition) is 5. The normalized spacial score (nSPS) is 10.6. The van der Waals surface area contributed by atoms with Gasteiger partial charge in [0.2, 0.25) is 0 Å². The molecule has 7 heteroatoms. The van der Waals surface area contributed by atoms with E-state index in [4.69, 9.17) is 4.74 Å². The van der Waals surface area contributed by atoms with E-state index in [1.165, 1.54) is 11.3 Å². The summed E-state index contributed by atoms with van der Waals surface area (Å²) in [5.41, 5.74) is 1.34. The van der Waals surface area contributed by atoms with Gasteiger partial charge < -0.3 is 15.0 Å². The fourth-order valence-electron chi connectivity index (χ4n) is 2.85. The average molecular weight is 404 g/mol. The smallest absolute Gasteiger partial charge is 0.315 e. The molecule has 0 aliphatic heterocycles. The molecule has 0 atom stereocenters. The second-order valence-corrected chi connectivity index (χ2v) is 7.27.